The Balaban J connectivity index is 2.11. The van der Waals surface area contributed by atoms with Crippen LogP contribution in [0.4, 0.5) is 0 Å². The van der Waals surface area contributed by atoms with E-state index in [2.05, 4.69) is 0 Å². The number of benzene rings is 2. The lowest BCUT2D eigenvalue weighted by molar-refractivity contribution is -0.133. The summed E-state index contributed by atoms with van der Waals surface area (Å²) in [6.45, 7) is 0.0339. The van der Waals surface area contributed by atoms with E-state index in [4.69, 9.17) is 4.74 Å². The number of sulfone groups is 1. The lowest BCUT2D eigenvalue weighted by atomic mass is 9.96. The summed E-state index contributed by atoms with van der Waals surface area (Å²) in [5, 5.41) is 19.1. The Labute approximate surface area is 138 Å². The number of carbonyl (C=O) groups is 1. The van der Waals surface area contributed by atoms with Gasteiger partial charge in [-0.3, -0.25) is 0 Å². The molecule has 0 amide bonds. The largest absolute Gasteiger partial charge is 0.504 e. The van der Waals surface area contributed by atoms with Gasteiger partial charge in [0.1, 0.15) is 6.61 Å². The Kier molecular flexibility index (Phi) is 3.81. The first-order valence-electron chi connectivity index (χ1n) is 7.00. The van der Waals surface area contributed by atoms with Crippen LogP contribution < -0.4 is 0 Å². The average Bonchev–Trinajstić information content (AvgIpc) is 2.91. The average molecular weight is 346 g/mol. The highest BCUT2D eigenvalue weighted by Gasteiger charge is 2.27. The highest BCUT2D eigenvalue weighted by Crippen LogP contribution is 2.36. The van der Waals surface area contributed by atoms with E-state index < -0.39 is 15.8 Å². The maximum Gasteiger partial charge on any atom is 0.339 e. The minimum atomic E-state index is -3.33. The van der Waals surface area contributed by atoms with Crippen molar-refractivity contribution in [3.05, 3.63) is 53.6 Å². The fourth-order valence-electron chi connectivity index (χ4n) is 2.50. The van der Waals surface area contributed by atoms with Crippen molar-refractivity contribution < 1.29 is 28.2 Å². The van der Waals surface area contributed by atoms with Crippen LogP contribution in [-0.4, -0.2) is 37.5 Å². The van der Waals surface area contributed by atoms with Crippen LogP contribution in [0.1, 0.15) is 11.1 Å². The first kappa shape index (κ1) is 16.1. The van der Waals surface area contributed by atoms with E-state index >= 15 is 0 Å². The minimum Gasteiger partial charge on any atom is -0.504 e. The van der Waals surface area contributed by atoms with Gasteiger partial charge < -0.3 is 14.9 Å². The van der Waals surface area contributed by atoms with Gasteiger partial charge >= 0.3 is 5.97 Å². The third kappa shape index (κ3) is 2.85. The molecule has 1 heterocycles. The molecule has 2 N–H and O–H groups in total. The molecule has 3 rings (SSSR count). The van der Waals surface area contributed by atoms with Crippen LogP contribution in [-0.2, 0) is 19.4 Å². The molecule has 24 heavy (non-hydrogen) atoms. The van der Waals surface area contributed by atoms with Crippen molar-refractivity contribution in [1.29, 1.82) is 0 Å². The lowest BCUT2D eigenvalue weighted by Gasteiger charge is -2.07. The van der Waals surface area contributed by atoms with Crippen molar-refractivity contribution >= 4 is 27.0 Å². The summed E-state index contributed by atoms with van der Waals surface area (Å²) >= 11 is 0. The molecule has 0 saturated heterocycles. The van der Waals surface area contributed by atoms with Gasteiger partial charge in [0, 0.05) is 11.8 Å². The van der Waals surface area contributed by atoms with E-state index in [9.17, 15) is 23.4 Å². The van der Waals surface area contributed by atoms with E-state index in [-0.39, 0.29) is 23.0 Å². The second kappa shape index (κ2) is 5.68. The zero-order valence-corrected chi connectivity index (χ0v) is 13.5. The SMILES string of the molecule is CS(=O)(=O)c1ccc(C2=C(c3ccc(O)c(O)c3)COC2=O)cc1. The van der Waals surface area contributed by atoms with Crippen LogP contribution in [0.2, 0.25) is 0 Å². The van der Waals surface area contributed by atoms with Gasteiger partial charge in [0.05, 0.1) is 10.5 Å². The second-order valence-corrected chi connectivity index (χ2v) is 7.45. The Morgan fingerprint density at radius 2 is 1.58 bits per heavy atom. The monoisotopic (exact) mass is 346 g/mol. The standard InChI is InChI=1S/C17H14O6S/c1-24(21,22)12-5-2-10(3-6-12)16-13(9-23-17(16)20)11-4-7-14(18)15(19)8-11/h2-8,18-19H,9H2,1H3. The van der Waals surface area contributed by atoms with Crippen LogP contribution in [0, 0.1) is 0 Å². The van der Waals surface area contributed by atoms with Crippen molar-refractivity contribution in [2.45, 2.75) is 4.90 Å². The molecule has 0 saturated carbocycles. The molecule has 0 aromatic heterocycles. The molecule has 0 spiro atoms. The summed E-state index contributed by atoms with van der Waals surface area (Å²) in [6.07, 6.45) is 1.11. The molecule has 6 nitrogen and oxygen atoms in total. The Bertz CT molecular complexity index is 955. The first-order chi connectivity index (χ1) is 11.3. The summed E-state index contributed by atoms with van der Waals surface area (Å²) in [6, 6.07) is 10.2. The summed E-state index contributed by atoms with van der Waals surface area (Å²) in [5.74, 6) is -1.08. The van der Waals surface area contributed by atoms with Crippen LogP contribution in [0.25, 0.3) is 11.1 Å². The zero-order valence-electron chi connectivity index (χ0n) is 12.7. The van der Waals surface area contributed by atoms with E-state index in [1.807, 2.05) is 0 Å². The molecule has 0 unspecified atom stereocenters. The summed E-state index contributed by atoms with van der Waals surface area (Å²) < 4.78 is 28.1. The van der Waals surface area contributed by atoms with Crippen molar-refractivity contribution in [3.63, 3.8) is 0 Å². The lowest BCUT2D eigenvalue weighted by Crippen LogP contribution is -2.00. The molecule has 0 fully saturated rings. The van der Waals surface area contributed by atoms with Gasteiger partial charge in [-0.2, -0.15) is 0 Å². The van der Waals surface area contributed by atoms with Gasteiger partial charge in [0.2, 0.25) is 0 Å². The van der Waals surface area contributed by atoms with Crippen LogP contribution in [0.5, 0.6) is 11.5 Å². The topological polar surface area (TPSA) is 101 Å². The number of hydrogen-bond donors (Lipinski definition) is 2. The Morgan fingerprint density at radius 1 is 0.958 bits per heavy atom. The Morgan fingerprint density at radius 3 is 2.17 bits per heavy atom. The quantitative estimate of drug-likeness (QED) is 0.651. The highest BCUT2D eigenvalue weighted by atomic mass is 32.2. The number of ether oxygens (including phenoxy) is 1. The summed E-state index contributed by atoms with van der Waals surface area (Å²) in [4.78, 5) is 12.2. The minimum absolute atomic E-state index is 0.0339. The highest BCUT2D eigenvalue weighted by molar-refractivity contribution is 7.90. The fraction of sp³-hybridized carbons (Fsp3) is 0.118. The number of cyclic esters (lactones) is 1. The molecule has 1 aliphatic heterocycles. The van der Waals surface area contributed by atoms with Crippen LogP contribution in [0.3, 0.4) is 0 Å². The fourth-order valence-corrected chi connectivity index (χ4v) is 3.14. The molecule has 2 aromatic rings. The number of phenols is 2. The normalized spacial score (nSPS) is 14.8. The van der Waals surface area contributed by atoms with E-state index in [1.165, 1.54) is 24.3 Å². The maximum atomic E-state index is 12.1. The molecule has 0 radical (unpaired) electrons. The summed E-state index contributed by atoms with van der Waals surface area (Å²) in [7, 11) is -3.33. The maximum absolute atomic E-state index is 12.1. The zero-order chi connectivity index (χ0) is 17.5. The molecule has 124 valence electrons. The molecule has 7 heteroatoms. The van der Waals surface area contributed by atoms with Gasteiger partial charge in [-0.15, -0.1) is 0 Å². The molecule has 0 bridgehead atoms. The Hall–Kier alpha value is -2.80. The van der Waals surface area contributed by atoms with Crippen molar-refractivity contribution in [2.75, 3.05) is 12.9 Å². The summed E-state index contributed by atoms with van der Waals surface area (Å²) in [5.41, 5.74) is 1.92. The van der Waals surface area contributed by atoms with Gasteiger partial charge in [-0.1, -0.05) is 18.2 Å². The number of phenolic OH excluding ortho intramolecular Hbond substituents is 2. The van der Waals surface area contributed by atoms with Crippen LogP contribution in [0.15, 0.2) is 47.4 Å². The van der Waals surface area contributed by atoms with E-state index in [0.29, 0.717) is 22.3 Å². The molecule has 0 aliphatic carbocycles. The van der Waals surface area contributed by atoms with E-state index in [0.717, 1.165) is 6.26 Å². The van der Waals surface area contributed by atoms with Crippen molar-refractivity contribution in [2.24, 2.45) is 0 Å². The van der Waals surface area contributed by atoms with Crippen molar-refractivity contribution in [3.8, 4) is 11.5 Å². The molecular formula is C17H14O6S. The molecular weight excluding hydrogens is 332 g/mol. The first-order valence-corrected chi connectivity index (χ1v) is 8.89. The van der Waals surface area contributed by atoms with Gasteiger partial charge in [0.15, 0.2) is 21.3 Å². The molecule has 1 aliphatic rings. The smallest absolute Gasteiger partial charge is 0.339 e. The second-order valence-electron chi connectivity index (χ2n) is 5.43. The van der Waals surface area contributed by atoms with Crippen LogP contribution >= 0.6 is 0 Å². The predicted molar refractivity (Wildman–Crippen MR) is 87.1 cm³/mol. The third-order valence-corrected chi connectivity index (χ3v) is 4.88. The van der Waals surface area contributed by atoms with E-state index in [1.54, 1.807) is 18.2 Å². The third-order valence-electron chi connectivity index (χ3n) is 3.75. The number of esters is 1. The molecule has 0 atom stereocenters. The van der Waals surface area contributed by atoms with Gasteiger partial charge in [-0.05, 0) is 35.4 Å². The number of hydrogen-bond acceptors (Lipinski definition) is 6. The number of carbonyl (C=O) groups excluding carboxylic acids is 1. The van der Waals surface area contributed by atoms with Gasteiger partial charge in [-0.25, -0.2) is 13.2 Å². The predicted octanol–water partition coefficient (Wildman–Crippen LogP) is 1.97. The molecule has 2 aromatic carbocycles. The number of aromatic hydroxyl groups is 2. The van der Waals surface area contributed by atoms with Crippen molar-refractivity contribution in [1.82, 2.24) is 0 Å². The number of rotatable bonds is 3. The van der Waals surface area contributed by atoms with Gasteiger partial charge in [0.25, 0.3) is 0 Å².